The molecule has 0 radical (unpaired) electrons. The van der Waals surface area contributed by atoms with Gasteiger partial charge >= 0.3 is 0 Å². The van der Waals surface area contributed by atoms with Gasteiger partial charge in [0.2, 0.25) is 0 Å². The molecule has 2 aromatic rings. The molecule has 0 fully saturated rings. The van der Waals surface area contributed by atoms with Crippen LogP contribution in [0, 0.1) is 17.1 Å². The molecule has 20 heavy (non-hydrogen) atoms. The largest absolute Gasteiger partial charge is 0.398 e. The smallest absolute Gasteiger partial charge is 0.257 e. The average Bonchev–Trinajstić information content (AvgIpc) is 2.43. The highest BCUT2D eigenvalue weighted by Gasteiger charge is 2.13. The van der Waals surface area contributed by atoms with Gasteiger partial charge in [-0.25, -0.2) is 4.39 Å². The van der Waals surface area contributed by atoms with Crippen molar-refractivity contribution in [2.75, 3.05) is 11.1 Å². The Kier molecular flexibility index (Phi) is 4.01. The van der Waals surface area contributed by atoms with Crippen molar-refractivity contribution in [1.82, 2.24) is 0 Å². The van der Waals surface area contributed by atoms with Crippen LogP contribution in [0.1, 0.15) is 15.9 Å². The van der Waals surface area contributed by atoms with Crippen molar-refractivity contribution in [1.29, 1.82) is 5.26 Å². The van der Waals surface area contributed by atoms with Gasteiger partial charge in [0, 0.05) is 10.2 Å². The number of nitrogens with two attached hydrogens (primary N) is 1. The van der Waals surface area contributed by atoms with Crippen LogP contribution in [-0.4, -0.2) is 5.91 Å². The summed E-state index contributed by atoms with van der Waals surface area (Å²) in [5.74, 6) is -1.01. The molecule has 1 amide bonds. The molecule has 3 N–H and O–H groups in total. The van der Waals surface area contributed by atoms with Crippen molar-refractivity contribution < 1.29 is 9.18 Å². The Morgan fingerprint density at radius 1 is 1.30 bits per heavy atom. The predicted molar refractivity (Wildman–Crippen MR) is 77.6 cm³/mol. The van der Waals surface area contributed by atoms with Crippen LogP contribution in [0.5, 0.6) is 0 Å². The maximum Gasteiger partial charge on any atom is 0.257 e. The second-order valence-corrected chi connectivity index (χ2v) is 4.90. The number of rotatable bonds is 2. The molecule has 0 aromatic heterocycles. The number of anilines is 2. The van der Waals surface area contributed by atoms with Gasteiger partial charge in [0.05, 0.1) is 16.8 Å². The zero-order valence-corrected chi connectivity index (χ0v) is 11.7. The Labute approximate surface area is 123 Å². The van der Waals surface area contributed by atoms with Crippen LogP contribution in [0.3, 0.4) is 0 Å². The first-order valence-electron chi connectivity index (χ1n) is 5.57. The maximum atomic E-state index is 13.0. The van der Waals surface area contributed by atoms with Crippen LogP contribution in [0.2, 0.25) is 0 Å². The topological polar surface area (TPSA) is 78.9 Å². The summed E-state index contributed by atoms with van der Waals surface area (Å²) in [4.78, 5) is 12.1. The van der Waals surface area contributed by atoms with E-state index in [4.69, 9.17) is 11.0 Å². The summed E-state index contributed by atoms with van der Waals surface area (Å²) in [5, 5.41) is 11.5. The Morgan fingerprint density at radius 2 is 2.05 bits per heavy atom. The Hall–Kier alpha value is -2.39. The summed E-state index contributed by atoms with van der Waals surface area (Å²) < 4.78 is 13.7. The van der Waals surface area contributed by atoms with E-state index in [1.165, 1.54) is 12.1 Å². The summed E-state index contributed by atoms with van der Waals surface area (Å²) in [6.07, 6.45) is 0. The highest BCUT2D eigenvalue weighted by Crippen LogP contribution is 2.21. The van der Waals surface area contributed by atoms with Gasteiger partial charge in [0.1, 0.15) is 11.9 Å². The molecule has 2 rings (SSSR count). The number of halogens is 2. The highest BCUT2D eigenvalue weighted by molar-refractivity contribution is 9.10. The quantitative estimate of drug-likeness (QED) is 0.827. The zero-order chi connectivity index (χ0) is 14.7. The number of benzene rings is 2. The Balaban J connectivity index is 2.33. The van der Waals surface area contributed by atoms with E-state index in [9.17, 15) is 9.18 Å². The fraction of sp³-hybridized carbons (Fsp3) is 0. The minimum absolute atomic E-state index is 0.0481. The normalized spacial score (nSPS) is 9.85. The molecule has 0 saturated carbocycles. The lowest BCUT2D eigenvalue weighted by Crippen LogP contribution is -2.15. The lowest BCUT2D eigenvalue weighted by molar-refractivity contribution is 0.102. The van der Waals surface area contributed by atoms with Gasteiger partial charge in [0.15, 0.2) is 0 Å². The number of nitrogens with one attached hydrogen (secondary N) is 1. The summed E-state index contributed by atoms with van der Waals surface area (Å²) in [6.45, 7) is 0. The molecule has 0 bridgehead atoms. The summed E-state index contributed by atoms with van der Waals surface area (Å²) >= 11 is 3.25. The van der Waals surface area contributed by atoms with Gasteiger partial charge in [-0.2, -0.15) is 5.26 Å². The van der Waals surface area contributed by atoms with Gasteiger partial charge in [-0.1, -0.05) is 15.9 Å². The van der Waals surface area contributed by atoms with Crippen LogP contribution >= 0.6 is 15.9 Å². The summed E-state index contributed by atoms with van der Waals surface area (Å²) in [6, 6.07) is 10.3. The Morgan fingerprint density at radius 3 is 2.75 bits per heavy atom. The van der Waals surface area contributed by atoms with E-state index in [-0.39, 0.29) is 16.8 Å². The maximum absolute atomic E-state index is 13.0. The molecule has 0 unspecified atom stereocenters. The van der Waals surface area contributed by atoms with Crippen molar-refractivity contribution in [3.05, 3.63) is 57.8 Å². The van der Waals surface area contributed by atoms with Crippen LogP contribution in [0.15, 0.2) is 40.9 Å². The number of amides is 1. The number of hydrogen-bond donors (Lipinski definition) is 2. The van der Waals surface area contributed by atoms with E-state index in [0.29, 0.717) is 10.2 Å². The van der Waals surface area contributed by atoms with Gasteiger partial charge in [0.25, 0.3) is 5.91 Å². The first kappa shape index (κ1) is 14.0. The number of hydrogen-bond acceptors (Lipinski definition) is 3. The Bertz CT molecular complexity index is 725. The molecule has 0 heterocycles. The lowest BCUT2D eigenvalue weighted by Gasteiger charge is -2.09. The second kappa shape index (κ2) is 5.72. The third-order valence-electron chi connectivity index (χ3n) is 2.61. The van der Waals surface area contributed by atoms with Crippen molar-refractivity contribution in [2.24, 2.45) is 0 Å². The number of nitriles is 1. The summed E-state index contributed by atoms with van der Waals surface area (Å²) in [5.41, 5.74) is 6.60. The minimum atomic E-state index is -0.540. The molecule has 0 aliphatic carbocycles. The van der Waals surface area contributed by atoms with Crippen LogP contribution < -0.4 is 11.1 Å². The van der Waals surface area contributed by atoms with Crippen LogP contribution in [0.25, 0.3) is 0 Å². The molecular weight excluding hydrogens is 325 g/mol. The van der Waals surface area contributed by atoms with Gasteiger partial charge < -0.3 is 11.1 Å². The molecule has 6 heteroatoms. The third-order valence-corrected chi connectivity index (χ3v) is 3.10. The SMILES string of the molecule is N#Cc1cc(F)ccc1NC(=O)c1cc(Br)ccc1N. The molecular formula is C14H9BrFN3O. The molecule has 0 saturated heterocycles. The number of nitrogens with zero attached hydrogens (tertiary/aromatic N) is 1. The van der Waals surface area contributed by atoms with Crippen LogP contribution in [-0.2, 0) is 0 Å². The first-order valence-corrected chi connectivity index (χ1v) is 6.36. The van der Waals surface area contributed by atoms with Gasteiger partial charge in [-0.15, -0.1) is 0 Å². The van der Waals surface area contributed by atoms with Crippen molar-refractivity contribution in [2.45, 2.75) is 0 Å². The number of carbonyl (C=O) groups is 1. The molecule has 0 aliphatic heterocycles. The molecule has 0 spiro atoms. The average molecular weight is 334 g/mol. The van der Waals surface area contributed by atoms with Gasteiger partial charge in [-0.05, 0) is 36.4 Å². The van der Waals surface area contributed by atoms with E-state index < -0.39 is 11.7 Å². The zero-order valence-electron chi connectivity index (χ0n) is 10.2. The monoisotopic (exact) mass is 333 g/mol. The van der Waals surface area contributed by atoms with Crippen molar-refractivity contribution in [3.8, 4) is 6.07 Å². The lowest BCUT2D eigenvalue weighted by atomic mass is 10.1. The summed E-state index contributed by atoms with van der Waals surface area (Å²) in [7, 11) is 0. The fourth-order valence-electron chi connectivity index (χ4n) is 1.63. The minimum Gasteiger partial charge on any atom is -0.398 e. The van der Waals surface area contributed by atoms with E-state index in [2.05, 4.69) is 21.2 Å². The van der Waals surface area contributed by atoms with Crippen LogP contribution in [0.4, 0.5) is 15.8 Å². The first-order chi connectivity index (χ1) is 9.51. The van der Waals surface area contributed by atoms with E-state index in [1.54, 1.807) is 18.2 Å². The van der Waals surface area contributed by atoms with Gasteiger partial charge in [-0.3, -0.25) is 4.79 Å². The highest BCUT2D eigenvalue weighted by atomic mass is 79.9. The molecule has 0 aliphatic rings. The van der Waals surface area contributed by atoms with Crippen molar-refractivity contribution in [3.63, 3.8) is 0 Å². The second-order valence-electron chi connectivity index (χ2n) is 3.99. The van der Waals surface area contributed by atoms with E-state index in [0.717, 1.165) is 6.07 Å². The number of carbonyl (C=O) groups excluding carboxylic acids is 1. The predicted octanol–water partition coefficient (Wildman–Crippen LogP) is 3.29. The molecule has 2 aromatic carbocycles. The molecule has 100 valence electrons. The van der Waals surface area contributed by atoms with E-state index in [1.807, 2.05) is 6.07 Å². The molecule has 4 nitrogen and oxygen atoms in total. The van der Waals surface area contributed by atoms with Crippen molar-refractivity contribution >= 4 is 33.2 Å². The number of nitrogen functional groups attached to an aromatic ring is 1. The fourth-order valence-corrected chi connectivity index (χ4v) is 1.99. The standard InChI is InChI=1S/C14H9BrFN3O/c15-9-1-3-12(18)11(6-9)14(20)19-13-4-2-10(16)5-8(13)7-17/h1-6H,18H2,(H,19,20). The third kappa shape index (κ3) is 2.95. The molecule has 0 atom stereocenters. The van der Waals surface area contributed by atoms with E-state index >= 15 is 0 Å².